The van der Waals surface area contributed by atoms with Gasteiger partial charge >= 0.3 is 5.97 Å². The highest BCUT2D eigenvalue weighted by molar-refractivity contribution is 7.13. The molecule has 1 saturated heterocycles. The standard InChI is InChI=1S/C20H31N3O3S/c1-13-18(27-17(22-13)8-3-14-9-11-21-12-10-14)19(24)23-16-6-4-15(5-7-16)20(25)26-2/h14-16,21H,3-12H2,1-2H3,(H,23,24). The highest BCUT2D eigenvalue weighted by Crippen LogP contribution is 2.27. The van der Waals surface area contributed by atoms with E-state index in [2.05, 4.69) is 15.6 Å². The van der Waals surface area contributed by atoms with Crippen molar-refractivity contribution in [2.75, 3.05) is 20.2 Å². The van der Waals surface area contributed by atoms with Crippen molar-refractivity contribution in [3.05, 3.63) is 15.6 Å². The van der Waals surface area contributed by atoms with Gasteiger partial charge in [0.1, 0.15) is 4.88 Å². The number of esters is 1. The quantitative estimate of drug-likeness (QED) is 0.727. The molecule has 0 unspecified atom stereocenters. The predicted molar refractivity (Wildman–Crippen MR) is 106 cm³/mol. The van der Waals surface area contributed by atoms with Gasteiger partial charge < -0.3 is 15.4 Å². The Morgan fingerprint density at radius 3 is 2.56 bits per heavy atom. The summed E-state index contributed by atoms with van der Waals surface area (Å²) in [5.74, 6) is 0.615. The largest absolute Gasteiger partial charge is 0.469 e. The molecular weight excluding hydrogens is 362 g/mol. The molecule has 2 heterocycles. The Balaban J connectivity index is 1.48. The number of amides is 1. The van der Waals surface area contributed by atoms with Crippen molar-refractivity contribution in [1.82, 2.24) is 15.6 Å². The summed E-state index contributed by atoms with van der Waals surface area (Å²) in [5, 5.41) is 7.62. The average molecular weight is 394 g/mol. The summed E-state index contributed by atoms with van der Waals surface area (Å²) < 4.78 is 4.82. The molecule has 0 bridgehead atoms. The molecule has 1 saturated carbocycles. The fourth-order valence-electron chi connectivity index (χ4n) is 4.16. The second kappa shape index (κ2) is 9.64. The number of carbonyl (C=O) groups excluding carboxylic acids is 2. The van der Waals surface area contributed by atoms with Gasteiger partial charge in [0.15, 0.2) is 0 Å². The summed E-state index contributed by atoms with van der Waals surface area (Å²) in [4.78, 5) is 29.7. The zero-order valence-corrected chi connectivity index (χ0v) is 17.2. The van der Waals surface area contributed by atoms with Gasteiger partial charge in [-0.2, -0.15) is 0 Å². The fourth-order valence-corrected chi connectivity index (χ4v) is 5.14. The van der Waals surface area contributed by atoms with Crippen LogP contribution in [0.2, 0.25) is 0 Å². The van der Waals surface area contributed by atoms with Crippen LogP contribution in [0.3, 0.4) is 0 Å². The van der Waals surface area contributed by atoms with E-state index in [4.69, 9.17) is 4.74 Å². The molecule has 1 amide bonds. The number of nitrogens with one attached hydrogen (secondary N) is 2. The van der Waals surface area contributed by atoms with Crippen molar-refractivity contribution in [2.45, 2.75) is 64.3 Å². The SMILES string of the molecule is COC(=O)C1CCC(NC(=O)c2sc(CCC3CCNCC3)nc2C)CC1. The Morgan fingerprint density at radius 1 is 1.19 bits per heavy atom. The maximum atomic E-state index is 12.7. The number of piperidine rings is 1. The number of methoxy groups -OCH3 is 1. The highest BCUT2D eigenvalue weighted by Gasteiger charge is 2.28. The van der Waals surface area contributed by atoms with Crippen molar-refractivity contribution in [1.29, 1.82) is 0 Å². The Morgan fingerprint density at radius 2 is 1.89 bits per heavy atom. The molecule has 2 fully saturated rings. The average Bonchev–Trinajstić information content (AvgIpc) is 3.08. The van der Waals surface area contributed by atoms with Crippen LogP contribution in [0.25, 0.3) is 0 Å². The van der Waals surface area contributed by atoms with Crippen LogP contribution in [0.15, 0.2) is 0 Å². The van der Waals surface area contributed by atoms with E-state index in [0.29, 0.717) is 0 Å². The minimum Gasteiger partial charge on any atom is -0.469 e. The summed E-state index contributed by atoms with van der Waals surface area (Å²) in [6.07, 6.45) is 7.82. The summed E-state index contributed by atoms with van der Waals surface area (Å²) in [7, 11) is 1.44. The second-order valence-electron chi connectivity index (χ2n) is 7.80. The van der Waals surface area contributed by atoms with Crippen LogP contribution in [-0.2, 0) is 16.0 Å². The molecule has 150 valence electrons. The second-order valence-corrected chi connectivity index (χ2v) is 8.88. The highest BCUT2D eigenvalue weighted by atomic mass is 32.1. The van der Waals surface area contributed by atoms with Crippen molar-refractivity contribution in [2.24, 2.45) is 11.8 Å². The van der Waals surface area contributed by atoms with Crippen molar-refractivity contribution in [3.63, 3.8) is 0 Å². The summed E-state index contributed by atoms with van der Waals surface area (Å²) in [6.45, 7) is 4.16. The lowest BCUT2D eigenvalue weighted by atomic mass is 9.86. The third-order valence-electron chi connectivity index (χ3n) is 5.87. The first-order chi connectivity index (χ1) is 13.1. The normalized spacial score (nSPS) is 23.8. The van der Waals surface area contributed by atoms with Gasteiger partial charge in [0.05, 0.1) is 23.7 Å². The molecule has 1 aliphatic carbocycles. The number of aromatic nitrogens is 1. The van der Waals surface area contributed by atoms with Crippen LogP contribution in [0.5, 0.6) is 0 Å². The van der Waals surface area contributed by atoms with Gasteiger partial charge in [0, 0.05) is 6.04 Å². The first-order valence-electron chi connectivity index (χ1n) is 10.1. The van der Waals surface area contributed by atoms with Gasteiger partial charge in [0.25, 0.3) is 5.91 Å². The molecule has 27 heavy (non-hydrogen) atoms. The molecule has 0 spiro atoms. The molecule has 2 aliphatic rings. The molecule has 0 aromatic carbocycles. The van der Waals surface area contributed by atoms with Gasteiger partial charge in [0.2, 0.25) is 0 Å². The van der Waals surface area contributed by atoms with Crippen LogP contribution in [0, 0.1) is 18.8 Å². The molecule has 7 heteroatoms. The van der Waals surface area contributed by atoms with Crippen LogP contribution in [0.4, 0.5) is 0 Å². The summed E-state index contributed by atoms with van der Waals surface area (Å²) in [5.41, 5.74) is 0.834. The topological polar surface area (TPSA) is 80.3 Å². The number of hydrogen-bond acceptors (Lipinski definition) is 6. The molecule has 1 aromatic rings. The van der Waals surface area contributed by atoms with Crippen LogP contribution in [0.1, 0.15) is 65.3 Å². The molecule has 0 radical (unpaired) electrons. The Labute approximate surface area is 165 Å². The monoisotopic (exact) mass is 393 g/mol. The van der Waals surface area contributed by atoms with E-state index in [9.17, 15) is 9.59 Å². The molecule has 0 atom stereocenters. The number of hydrogen-bond donors (Lipinski definition) is 2. The first-order valence-corrected chi connectivity index (χ1v) is 10.9. The van der Waals surface area contributed by atoms with E-state index in [1.54, 1.807) is 11.3 Å². The number of ether oxygens (including phenoxy) is 1. The smallest absolute Gasteiger partial charge is 0.308 e. The summed E-state index contributed by atoms with van der Waals surface area (Å²) in [6, 6.07) is 0.137. The maximum Gasteiger partial charge on any atom is 0.308 e. The molecule has 3 rings (SSSR count). The van der Waals surface area contributed by atoms with E-state index >= 15 is 0 Å². The van der Waals surface area contributed by atoms with E-state index in [1.807, 2.05) is 6.92 Å². The molecular formula is C20H31N3O3S. The number of rotatable bonds is 6. The minimum absolute atomic E-state index is 0.0142. The van der Waals surface area contributed by atoms with Gasteiger partial charge in [-0.05, 0) is 77.3 Å². The molecule has 1 aliphatic heterocycles. The van der Waals surface area contributed by atoms with Gasteiger partial charge in [-0.1, -0.05) is 0 Å². The zero-order valence-electron chi connectivity index (χ0n) is 16.4. The fraction of sp³-hybridized carbons (Fsp3) is 0.750. The zero-order chi connectivity index (χ0) is 19.2. The van der Waals surface area contributed by atoms with Crippen molar-refractivity contribution >= 4 is 23.2 Å². The number of nitrogens with zero attached hydrogens (tertiary/aromatic N) is 1. The van der Waals surface area contributed by atoms with Gasteiger partial charge in [-0.15, -0.1) is 11.3 Å². The lowest BCUT2D eigenvalue weighted by molar-refractivity contribution is -0.146. The van der Waals surface area contributed by atoms with Crippen molar-refractivity contribution < 1.29 is 14.3 Å². The Kier molecular flexibility index (Phi) is 7.24. The third-order valence-corrected chi connectivity index (χ3v) is 7.09. The van der Waals surface area contributed by atoms with Gasteiger partial charge in [-0.25, -0.2) is 4.98 Å². The van der Waals surface area contributed by atoms with Gasteiger partial charge in [-0.3, -0.25) is 9.59 Å². The number of aryl methyl sites for hydroxylation is 2. The molecule has 6 nitrogen and oxygen atoms in total. The van der Waals surface area contributed by atoms with Crippen LogP contribution >= 0.6 is 11.3 Å². The van der Waals surface area contributed by atoms with E-state index in [1.165, 1.54) is 20.0 Å². The first kappa shape index (κ1) is 20.3. The molecule has 1 aromatic heterocycles. The van der Waals surface area contributed by atoms with E-state index < -0.39 is 0 Å². The van der Waals surface area contributed by atoms with E-state index in [-0.39, 0.29) is 23.8 Å². The predicted octanol–water partition coefficient (Wildman–Crippen LogP) is 2.85. The van der Waals surface area contributed by atoms with Crippen LogP contribution < -0.4 is 10.6 Å². The maximum absolute atomic E-state index is 12.7. The number of carbonyl (C=O) groups is 2. The molecule has 2 N–H and O–H groups in total. The number of thiazole rings is 1. The van der Waals surface area contributed by atoms with Crippen LogP contribution in [-0.4, -0.2) is 43.1 Å². The minimum atomic E-state index is -0.128. The Hall–Kier alpha value is -1.47. The van der Waals surface area contributed by atoms with E-state index in [0.717, 1.165) is 73.1 Å². The lowest BCUT2D eigenvalue weighted by Gasteiger charge is -2.27. The lowest BCUT2D eigenvalue weighted by Crippen LogP contribution is -2.38. The summed E-state index contributed by atoms with van der Waals surface area (Å²) >= 11 is 1.54. The van der Waals surface area contributed by atoms with Crippen molar-refractivity contribution in [3.8, 4) is 0 Å². The third kappa shape index (κ3) is 5.51. The Bertz CT molecular complexity index is 647.